The normalized spacial score (nSPS) is 12.0. The molecule has 0 bridgehead atoms. The van der Waals surface area contributed by atoms with Gasteiger partial charge in [-0.3, -0.25) is 4.79 Å². The fourth-order valence-electron chi connectivity index (χ4n) is 0.594. The largest absolute Gasteiger partial charge is 0.467 e. The number of methoxy groups -OCH3 is 1. The first-order chi connectivity index (χ1) is 5.54. The maximum Gasteiger partial charge on any atom is 0.332 e. The van der Waals surface area contributed by atoms with Crippen molar-refractivity contribution in [2.75, 3.05) is 13.7 Å². The standard InChI is InChI=1S/C6H10ClNO4/c1-4(10)8(7)5(3-9)6(11)12-2/h5,9H,3H2,1-2H3/t5-/m0/s1. The van der Waals surface area contributed by atoms with Crippen LogP contribution in [0.4, 0.5) is 0 Å². The average Bonchev–Trinajstić information content (AvgIpc) is 2.05. The van der Waals surface area contributed by atoms with Crippen molar-refractivity contribution in [3.05, 3.63) is 0 Å². The molecule has 0 aromatic carbocycles. The van der Waals surface area contributed by atoms with Gasteiger partial charge in [-0.15, -0.1) is 0 Å². The highest BCUT2D eigenvalue weighted by molar-refractivity contribution is 6.22. The molecule has 0 aliphatic heterocycles. The second kappa shape index (κ2) is 4.95. The third-order valence-electron chi connectivity index (χ3n) is 1.22. The minimum atomic E-state index is -1.13. The van der Waals surface area contributed by atoms with Crippen LogP contribution < -0.4 is 0 Å². The molecule has 0 aliphatic rings. The Balaban J connectivity index is 4.33. The van der Waals surface area contributed by atoms with E-state index in [0.29, 0.717) is 4.42 Å². The van der Waals surface area contributed by atoms with E-state index < -0.39 is 24.5 Å². The number of ether oxygens (including phenoxy) is 1. The van der Waals surface area contributed by atoms with Crippen LogP contribution in [0.15, 0.2) is 0 Å². The number of rotatable bonds is 3. The zero-order valence-electron chi connectivity index (χ0n) is 6.78. The first kappa shape index (κ1) is 11.2. The molecule has 1 amide bonds. The van der Waals surface area contributed by atoms with Crippen molar-refractivity contribution < 1.29 is 19.4 Å². The van der Waals surface area contributed by atoms with Crippen LogP contribution in [0.25, 0.3) is 0 Å². The molecule has 0 aromatic rings. The number of aliphatic hydroxyl groups is 1. The Morgan fingerprint density at radius 3 is 2.42 bits per heavy atom. The van der Waals surface area contributed by atoms with Gasteiger partial charge in [-0.1, -0.05) is 0 Å². The van der Waals surface area contributed by atoms with E-state index in [2.05, 4.69) is 4.74 Å². The molecule has 0 saturated carbocycles. The van der Waals surface area contributed by atoms with Gasteiger partial charge in [0.25, 0.3) is 0 Å². The quantitative estimate of drug-likeness (QED) is 0.488. The van der Waals surface area contributed by atoms with E-state index in [-0.39, 0.29) is 0 Å². The van der Waals surface area contributed by atoms with E-state index in [4.69, 9.17) is 16.9 Å². The topological polar surface area (TPSA) is 66.8 Å². The second-order valence-corrected chi connectivity index (χ2v) is 2.42. The lowest BCUT2D eigenvalue weighted by atomic mass is 10.3. The van der Waals surface area contributed by atoms with Crippen molar-refractivity contribution in [1.29, 1.82) is 0 Å². The number of hydrogen-bond donors (Lipinski definition) is 1. The molecule has 1 atom stereocenters. The maximum absolute atomic E-state index is 10.8. The van der Waals surface area contributed by atoms with E-state index in [1.165, 1.54) is 6.92 Å². The summed E-state index contributed by atoms with van der Waals surface area (Å²) in [6.07, 6.45) is 0. The summed E-state index contributed by atoms with van der Waals surface area (Å²) in [5.41, 5.74) is 0. The monoisotopic (exact) mass is 195 g/mol. The van der Waals surface area contributed by atoms with Crippen molar-refractivity contribution in [2.24, 2.45) is 0 Å². The summed E-state index contributed by atoms with van der Waals surface area (Å²) in [6, 6.07) is -1.13. The van der Waals surface area contributed by atoms with Crippen LogP contribution >= 0.6 is 11.8 Å². The SMILES string of the molecule is COC(=O)[C@H](CO)N(Cl)C(C)=O. The van der Waals surface area contributed by atoms with Crippen LogP contribution in [0.2, 0.25) is 0 Å². The highest BCUT2D eigenvalue weighted by Gasteiger charge is 2.26. The molecular formula is C6H10ClNO4. The molecule has 0 heterocycles. The highest BCUT2D eigenvalue weighted by atomic mass is 35.5. The Bertz CT molecular complexity index is 184. The van der Waals surface area contributed by atoms with Crippen LogP contribution in [0, 0.1) is 0 Å². The Hall–Kier alpha value is -0.810. The maximum atomic E-state index is 10.8. The summed E-state index contributed by atoms with van der Waals surface area (Å²) in [6.45, 7) is 0.619. The van der Waals surface area contributed by atoms with Crippen LogP contribution in [-0.4, -0.2) is 41.2 Å². The zero-order valence-corrected chi connectivity index (χ0v) is 7.54. The second-order valence-electron chi connectivity index (χ2n) is 2.05. The van der Waals surface area contributed by atoms with Crippen LogP contribution in [0.1, 0.15) is 6.92 Å². The van der Waals surface area contributed by atoms with Gasteiger partial charge in [-0.25, -0.2) is 9.21 Å². The van der Waals surface area contributed by atoms with Gasteiger partial charge in [0, 0.05) is 18.7 Å². The number of carbonyl (C=O) groups is 2. The number of halogens is 1. The van der Waals surface area contributed by atoms with Gasteiger partial charge in [0.1, 0.15) is 0 Å². The van der Waals surface area contributed by atoms with Crippen molar-refractivity contribution >= 4 is 23.7 Å². The predicted molar refractivity (Wildman–Crippen MR) is 41.3 cm³/mol. The van der Waals surface area contributed by atoms with E-state index in [9.17, 15) is 9.59 Å². The lowest BCUT2D eigenvalue weighted by Gasteiger charge is -2.19. The van der Waals surface area contributed by atoms with Gasteiger partial charge in [0.15, 0.2) is 6.04 Å². The Kier molecular flexibility index (Phi) is 4.61. The fraction of sp³-hybridized carbons (Fsp3) is 0.667. The number of hydrogen-bond acceptors (Lipinski definition) is 4. The third-order valence-corrected chi connectivity index (χ3v) is 1.69. The molecule has 0 aliphatic carbocycles. The Morgan fingerprint density at radius 2 is 2.17 bits per heavy atom. The molecule has 5 nitrogen and oxygen atoms in total. The predicted octanol–water partition coefficient (Wildman–Crippen LogP) is -0.477. The summed E-state index contributed by atoms with van der Waals surface area (Å²) in [5, 5.41) is 8.67. The Labute approximate surface area is 75.0 Å². The lowest BCUT2D eigenvalue weighted by molar-refractivity contribution is -0.150. The summed E-state index contributed by atoms with van der Waals surface area (Å²) in [4.78, 5) is 21.5. The summed E-state index contributed by atoms with van der Waals surface area (Å²) in [5.74, 6) is -1.27. The van der Waals surface area contributed by atoms with E-state index in [1.54, 1.807) is 0 Å². The number of carbonyl (C=O) groups excluding carboxylic acids is 2. The van der Waals surface area contributed by atoms with Gasteiger partial charge < -0.3 is 9.84 Å². The van der Waals surface area contributed by atoms with E-state index in [1.807, 2.05) is 0 Å². The summed E-state index contributed by atoms with van der Waals surface area (Å²) >= 11 is 5.38. The molecule has 0 spiro atoms. The molecule has 6 heteroatoms. The molecule has 0 unspecified atom stereocenters. The minimum absolute atomic E-state index is 0.527. The van der Waals surface area contributed by atoms with E-state index in [0.717, 1.165) is 7.11 Å². The molecule has 1 N–H and O–H groups in total. The van der Waals surface area contributed by atoms with Crippen molar-refractivity contribution in [3.63, 3.8) is 0 Å². The fourth-order valence-corrected chi connectivity index (χ4v) is 0.736. The van der Waals surface area contributed by atoms with Crippen LogP contribution in [-0.2, 0) is 14.3 Å². The number of amides is 1. The van der Waals surface area contributed by atoms with Crippen LogP contribution in [0.3, 0.4) is 0 Å². The molecule has 70 valence electrons. The summed E-state index contributed by atoms with van der Waals surface area (Å²) in [7, 11) is 1.15. The first-order valence-corrected chi connectivity index (χ1v) is 3.52. The van der Waals surface area contributed by atoms with Crippen molar-refractivity contribution in [3.8, 4) is 0 Å². The molecule has 0 fully saturated rings. The number of nitrogens with zero attached hydrogens (tertiary/aromatic N) is 1. The number of esters is 1. The highest BCUT2D eigenvalue weighted by Crippen LogP contribution is 2.05. The number of aliphatic hydroxyl groups excluding tert-OH is 1. The molecule has 0 rings (SSSR count). The third kappa shape index (κ3) is 2.67. The van der Waals surface area contributed by atoms with Gasteiger partial charge in [0.2, 0.25) is 5.91 Å². The van der Waals surface area contributed by atoms with Gasteiger partial charge in [0.05, 0.1) is 13.7 Å². The molecule has 12 heavy (non-hydrogen) atoms. The average molecular weight is 196 g/mol. The van der Waals surface area contributed by atoms with Crippen molar-refractivity contribution in [2.45, 2.75) is 13.0 Å². The molecule has 0 saturated heterocycles. The zero-order chi connectivity index (χ0) is 9.72. The summed E-state index contributed by atoms with van der Waals surface area (Å²) < 4.78 is 4.90. The van der Waals surface area contributed by atoms with Crippen LogP contribution in [0.5, 0.6) is 0 Å². The lowest BCUT2D eigenvalue weighted by Crippen LogP contribution is -2.41. The molecule has 0 radical (unpaired) electrons. The van der Waals surface area contributed by atoms with Gasteiger partial charge >= 0.3 is 5.97 Å². The van der Waals surface area contributed by atoms with Gasteiger partial charge in [-0.2, -0.15) is 0 Å². The molecule has 0 aromatic heterocycles. The van der Waals surface area contributed by atoms with Gasteiger partial charge in [-0.05, 0) is 0 Å². The van der Waals surface area contributed by atoms with Crippen molar-refractivity contribution in [1.82, 2.24) is 4.42 Å². The smallest absolute Gasteiger partial charge is 0.332 e. The first-order valence-electron chi connectivity index (χ1n) is 3.18. The van der Waals surface area contributed by atoms with E-state index >= 15 is 0 Å². The molecular weight excluding hydrogens is 186 g/mol. The minimum Gasteiger partial charge on any atom is -0.467 e. The Morgan fingerprint density at radius 1 is 1.67 bits per heavy atom.